The molecule has 0 radical (unpaired) electrons. The fourth-order valence-electron chi connectivity index (χ4n) is 1.86. The summed E-state index contributed by atoms with van der Waals surface area (Å²) in [7, 11) is 0. The SMILES string of the molecule is Cc1ccc(C)c(-c2ccc(C(=O)NCCO)o2)c1. The second-order valence-electron chi connectivity index (χ2n) is 4.46. The first-order chi connectivity index (χ1) is 9.11. The van der Waals surface area contributed by atoms with Crippen molar-refractivity contribution in [3.8, 4) is 11.3 Å². The lowest BCUT2D eigenvalue weighted by Crippen LogP contribution is -2.25. The van der Waals surface area contributed by atoms with Crippen molar-refractivity contribution in [3.05, 3.63) is 47.2 Å². The van der Waals surface area contributed by atoms with E-state index < -0.39 is 0 Å². The van der Waals surface area contributed by atoms with Gasteiger partial charge in [0.2, 0.25) is 0 Å². The van der Waals surface area contributed by atoms with Gasteiger partial charge in [-0.3, -0.25) is 4.79 Å². The number of hydrogen-bond acceptors (Lipinski definition) is 3. The number of furan rings is 1. The van der Waals surface area contributed by atoms with Crippen LogP contribution in [0.15, 0.2) is 34.7 Å². The number of amides is 1. The Morgan fingerprint density at radius 1 is 1.26 bits per heavy atom. The molecule has 0 aliphatic carbocycles. The highest BCUT2D eigenvalue weighted by Crippen LogP contribution is 2.26. The van der Waals surface area contributed by atoms with Gasteiger partial charge in [-0.2, -0.15) is 0 Å². The van der Waals surface area contributed by atoms with Crippen LogP contribution in [-0.2, 0) is 0 Å². The van der Waals surface area contributed by atoms with E-state index in [9.17, 15) is 4.79 Å². The monoisotopic (exact) mass is 259 g/mol. The summed E-state index contributed by atoms with van der Waals surface area (Å²) in [5, 5.41) is 11.2. The van der Waals surface area contributed by atoms with Crippen LogP contribution in [0.1, 0.15) is 21.7 Å². The largest absolute Gasteiger partial charge is 0.451 e. The molecule has 0 fully saturated rings. The number of carbonyl (C=O) groups is 1. The van der Waals surface area contributed by atoms with Gasteiger partial charge in [-0.05, 0) is 37.6 Å². The molecule has 0 bridgehead atoms. The molecule has 19 heavy (non-hydrogen) atoms. The predicted octanol–water partition coefficient (Wildman–Crippen LogP) is 2.29. The van der Waals surface area contributed by atoms with E-state index in [1.165, 1.54) is 0 Å². The molecule has 0 saturated carbocycles. The van der Waals surface area contributed by atoms with Gasteiger partial charge in [0.05, 0.1) is 6.61 Å². The van der Waals surface area contributed by atoms with E-state index in [4.69, 9.17) is 9.52 Å². The maximum Gasteiger partial charge on any atom is 0.287 e. The number of hydrogen-bond donors (Lipinski definition) is 2. The number of carbonyl (C=O) groups excluding carboxylic acids is 1. The molecule has 1 aromatic heterocycles. The summed E-state index contributed by atoms with van der Waals surface area (Å²) < 4.78 is 5.57. The van der Waals surface area contributed by atoms with Crippen LogP contribution in [0.5, 0.6) is 0 Å². The molecule has 2 aromatic rings. The summed E-state index contributed by atoms with van der Waals surface area (Å²) in [5.74, 6) is 0.616. The lowest BCUT2D eigenvalue weighted by Gasteiger charge is -2.04. The third kappa shape index (κ3) is 3.03. The minimum atomic E-state index is -0.314. The number of aryl methyl sites for hydroxylation is 2. The first kappa shape index (κ1) is 13.4. The average Bonchev–Trinajstić information content (AvgIpc) is 2.88. The number of aliphatic hydroxyl groups is 1. The van der Waals surface area contributed by atoms with E-state index in [2.05, 4.69) is 5.32 Å². The molecule has 4 nitrogen and oxygen atoms in total. The van der Waals surface area contributed by atoms with Gasteiger partial charge < -0.3 is 14.8 Å². The Kier molecular flexibility index (Phi) is 4.02. The van der Waals surface area contributed by atoms with Crippen molar-refractivity contribution in [1.82, 2.24) is 5.32 Å². The summed E-state index contributed by atoms with van der Waals surface area (Å²) in [6.45, 7) is 4.15. The lowest BCUT2D eigenvalue weighted by molar-refractivity contribution is 0.0918. The van der Waals surface area contributed by atoms with Gasteiger partial charge in [-0.25, -0.2) is 0 Å². The first-order valence-corrected chi connectivity index (χ1v) is 6.18. The Labute approximate surface area is 112 Å². The van der Waals surface area contributed by atoms with Gasteiger partial charge in [0.15, 0.2) is 5.76 Å². The Morgan fingerprint density at radius 2 is 2.05 bits per heavy atom. The molecular weight excluding hydrogens is 242 g/mol. The molecule has 4 heteroatoms. The molecule has 0 aliphatic heterocycles. The maximum atomic E-state index is 11.7. The van der Waals surface area contributed by atoms with E-state index in [0.29, 0.717) is 5.76 Å². The normalized spacial score (nSPS) is 10.5. The van der Waals surface area contributed by atoms with E-state index in [-0.39, 0.29) is 24.8 Å². The second kappa shape index (κ2) is 5.71. The average molecular weight is 259 g/mol. The van der Waals surface area contributed by atoms with Gasteiger partial charge in [-0.1, -0.05) is 17.7 Å². The number of rotatable bonds is 4. The maximum absolute atomic E-state index is 11.7. The molecule has 0 aliphatic rings. The van der Waals surface area contributed by atoms with Crippen molar-refractivity contribution in [2.24, 2.45) is 0 Å². The Morgan fingerprint density at radius 3 is 2.79 bits per heavy atom. The van der Waals surface area contributed by atoms with Crippen molar-refractivity contribution < 1.29 is 14.3 Å². The fourth-order valence-corrected chi connectivity index (χ4v) is 1.86. The molecule has 1 aromatic carbocycles. The first-order valence-electron chi connectivity index (χ1n) is 6.18. The zero-order valence-corrected chi connectivity index (χ0v) is 11.1. The molecule has 0 atom stereocenters. The molecule has 100 valence electrons. The van der Waals surface area contributed by atoms with Crippen molar-refractivity contribution in [3.63, 3.8) is 0 Å². The third-order valence-electron chi connectivity index (χ3n) is 2.89. The van der Waals surface area contributed by atoms with E-state index in [1.807, 2.05) is 32.0 Å². The summed E-state index contributed by atoms with van der Waals surface area (Å²) in [6.07, 6.45) is 0. The molecular formula is C15H17NO3. The summed E-state index contributed by atoms with van der Waals surface area (Å²) in [6, 6.07) is 9.53. The smallest absolute Gasteiger partial charge is 0.287 e. The number of nitrogens with one attached hydrogen (secondary N) is 1. The molecule has 0 unspecified atom stereocenters. The zero-order chi connectivity index (χ0) is 13.8. The van der Waals surface area contributed by atoms with Gasteiger partial charge in [0.25, 0.3) is 5.91 Å². The highest BCUT2D eigenvalue weighted by atomic mass is 16.4. The second-order valence-corrected chi connectivity index (χ2v) is 4.46. The minimum Gasteiger partial charge on any atom is -0.451 e. The predicted molar refractivity (Wildman–Crippen MR) is 73.0 cm³/mol. The van der Waals surface area contributed by atoms with E-state index >= 15 is 0 Å². The molecule has 2 N–H and O–H groups in total. The van der Waals surface area contributed by atoms with Crippen molar-refractivity contribution in [2.45, 2.75) is 13.8 Å². The molecule has 0 spiro atoms. The van der Waals surface area contributed by atoms with Crippen molar-refractivity contribution in [2.75, 3.05) is 13.2 Å². The number of aliphatic hydroxyl groups excluding tert-OH is 1. The Hall–Kier alpha value is -2.07. The van der Waals surface area contributed by atoms with Crippen LogP contribution >= 0.6 is 0 Å². The summed E-state index contributed by atoms with van der Waals surface area (Å²) in [4.78, 5) is 11.7. The fraction of sp³-hybridized carbons (Fsp3) is 0.267. The van der Waals surface area contributed by atoms with Crippen LogP contribution in [-0.4, -0.2) is 24.2 Å². The van der Waals surface area contributed by atoms with Gasteiger partial charge in [0, 0.05) is 12.1 Å². The van der Waals surface area contributed by atoms with Gasteiger partial charge in [0.1, 0.15) is 5.76 Å². The highest BCUT2D eigenvalue weighted by Gasteiger charge is 2.12. The van der Waals surface area contributed by atoms with Crippen LogP contribution < -0.4 is 5.32 Å². The highest BCUT2D eigenvalue weighted by molar-refractivity contribution is 5.92. The van der Waals surface area contributed by atoms with Gasteiger partial charge in [-0.15, -0.1) is 0 Å². The summed E-state index contributed by atoms with van der Waals surface area (Å²) in [5.41, 5.74) is 3.23. The lowest BCUT2D eigenvalue weighted by atomic mass is 10.0. The van der Waals surface area contributed by atoms with Crippen LogP contribution in [0, 0.1) is 13.8 Å². The van der Waals surface area contributed by atoms with E-state index in [1.54, 1.807) is 12.1 Å². The quantitative estimate of drug-likeness (QED) is 0.885. The van der Waals surface area contributed by atoms with Crippen LogP contribution in [0.4, 0.5) is 0 Å². The van der Waals surface area contributed by atoms with Crippen LogP contribution in [0.3, 0.4) is 0 Å². The molecule has 2 rings (SSSR count). The zero-order valence-electron chi connectivity index (χ0n) is 11.1. The Balaban J connectivity index is 2.25. The topological polar surface area (TPSA) is 62.5 Å². The van der Waals surface area contributed by atoms with E-state index in [0.717, 1.165) is 16.7 Å². The van der Waals surface area contributed by atoms with Gasteiger partial charge >= 0.3 is 0 Å². The van der Waals surface area contributed by atoms with Crippen LogP contribution in [0.2, 0.25) is 0 Å². The standard InChI is InChI=1S/C15H17NO3/c1-10-3-4-11(2)12(9-10)13-5-6-14(19-13)15(18)16-7-8-17/h3-6,9,17H,7-8H2,1-2H3,(H,16,18). The minimum absolute atomic E-state index is 0.0870. The third-order valence-corrected chi connectivity index (χ3v) is 2.89. The molecule has 1 heterocycles. The molecule has 0 saturated heterocycles. The summed E-state index contributed by atoms with van der Waals surface area (Å²) >= 11 is 0. The van der Waals surface area contributed by atoms with Crippen molar-refractivity contribution in [1.29, 1.82) is 0 Å². The Bertz CT molecular complexity index is 587. The van der Waals surface area contributed by atoms with Crippen LogP contribution in [0.25, 0.3) is 11.3 Å². The number of benzene rings is 1. The molecule has 1 amide bonds. The van der Waals surface area contributed by atoms with Crippen molar-refractivity contribution >= 4 is 5.91 Å².